The molecule has 1 aromatic carbocycles. The molecular formula is C17H19N3O2S. The van der Waals surface area contributed by atoms with Crippen molar-refractivity contribution >= 4 is 11.3 Å². The Morgan fingerprint density at radius 3 is 2.78 bits per heavy atom. The van der Waals surface area contributed by atoms with E-state index in [1.165, 1.54) is 10.4 Å². The van der Waals surface area contributed by atoms with Gasteiger partial charge in [-0.2, -0.15) is 4.98 Å². The molecule has 5 nitrogen and oxygen atoms in total. The second-order valence-electron chi connectivity index (χ2n) is 5.41. The highest BCUT2D eigenvalue weighted by atomic mass is 32.1. The molecule has 0 fully saturated rings. The third-order valence-corrected chi connectivity index (χ3v) is 4.61. The second kappa shape index (κ2) is 6.93. The monoisotopic (exact) mass is 329 g/mol. The van der Waals surface area contributed by atoms with Gasteiger partial charge in [-0.15, -0.1) is 11.3 Å². The van der Waals surface area contributed by atoms with E-state index >= 15 is 0 Å². The van der Waals surface area contributed by atoms with Gasteiger partial charge in [0.15, 0.2) is 0 Å². The van der Waals surface area contributed by atoms with E-state index in [2.05, 4.69) is 33.4 Å². The molecule has 2 heterocycles. The van der Waals surface area contributed by atoms with Gasteiger partial charge >= 0.3 is 0 Å². The summed E-state index contributed by atoms with van der Waals surface area (Å²) in [5.74, 6) is 1.89. The van der Waals surface area contributed by atoms with Gasteiger partial charge in [0, 0.05) is 11.4 Å². The summed E-state index contributed by atoms with van der Waals surface area (Å²) in [6.45, 7) is 3.61. The molecule has 0 aliphatic carbocycles. The molecule has 0 radical (unpaired) electrons. The van der Waals surface area contributed by atoms with Gasteiger partial charge in [0.1, 0.15) is 5.75 Å². The summed E-state index contributed by atoms with van der Waals surface area (Å²) in [7, 11) is 3.68. The SMILES string of the molecule is COc1ccccc1-c1noc(CN(C)Cc2sccc2C)n1. The fourth-order valence-electron chi connectivity index (χ4n) is 2.36. The summed E-state index contributed by atoms with van der Waals surface area (Å²) in [6, 6.07) is 9.80. The van der Waals surface area contributed by atoms with Gasteiger partial charge in [-0.1, -0.05) is 17.3 Å². The largest absolute Gasteiger partial charge is 0.496 e. The van der Waals surface area contributed by atoms with E-state index < -0.39 is 0 Å². The number of ether oxygens (including phenoxy) is 1. The fraction of sp³-hybridized carbons (Fsp3) is 0.294. The maximum atomic E-state index is 5.38. The molecule has 0 atom stereocenters. The van der Waals surface area contributed by atoms with E-state index in [-0.39, 0.29) is 0 Å². The Morgan fingerprint density at radius 2 is 2.04 bits per heavy atom. The molecule has 0 aliphatic heterocycles. The molecule has 23 heavy (non-hydrogen) atoms. The molecule has 0 N–H and O–H groups in total. The first-order valence-corrected chi connectivity index (χ1v) is 8.23. The second-order valence-corrected chi connectivity index (χ2v) is 6.41. The van der Waals surface area contributed by atoms with Crippen LogP contribution in [0.5, 0.6) is 5.75 Å². The van der Waals surface area contributed by atoms with E-state index in [0.717, 1.165) is 17.9 Å². The number of aromatic nitrogens is 2. The molecule has 0 aliphatic rings. The minimum absolute atomic E-state index is 0.554. The highest BCUT2D eigenvalue weighted by molar-refractivity contribution is 7.10. The van der Waals surface area contributed by atoms with Crippen molar-refractivity contribution in [2.75, 3.05) is 14.2 Å². The third kappa shape index (κ3) is 3.60. The van der Waals surface area contributed by atoms with Crippen LogP contribution in [0.2, 0.25) is 0 Å². The molecule has 0 unspecified atom stereocenters. The Balaban J connectivity index is 1.71. The average Bonchev–Trinajstić information content (AvgIpc) is 3.17. The standard InChI is InChI=1S/C17H19N3O2S/c1-12-8-9-23-15(12)10-20(2)11-16-18-17(19-22-16)13-6-4-5-7-14(13)21-3/h4-9H,10-11H2,1-3H3. The van der Waals surface area contributed by atoms with Crippen LogP contribution in [0.1, 0.15) is 16.3 Å². The van der Waals surface area contributed by atoms with Crippen LogP contribution in [-0.2, 0) is 13.1 Å². The van der Waals surface area contributed by atoms with Crippen molar-refractivity contribution < 1.29 is 9.26 Å². The summed E-state index contributed by atoms with van der Waals surface area (Å²) in [6.07, 6.45) is 0. The predicted octanol–water partition coefficient (Wildman–Crippen LogP) is 3.75. The smallest absolute Gasteiger partial charge is 0.241 e. The Labute approximate surface area is 139 Å². The van der Waals surface area contributed by atoms with Crippen LogP contribution in [0.25, 0.3) is 11.4 Å². The first-order valence-electron chi connectivity index (χ1n) is 7.35. The molecule has 6 heteroatoms. The molecule has 120 valence electrons. The van der Waals surface area contributed by atoms with E-state index in [0.29, 0.717) is 18.3 Å². The molecule has 0 spiro atoms. The van der Waals surface area contributed by atoms with Crippen molar-refractivity contribution in [1.29, 1.82) is 0 Å². The van der Waals surface area contributed by atoms with Crippen molar-refractivity contribution in [1.82, 2.24) is 15.0 Å². The number of thiophene rings is 1. The fourth-order valence-corrected chi connectivity index (χ4v) is 3.34. The molecular weight excluding hydrogens is 310 g/mol. The van der Waals surface area contributed by atoms with Crippen molar-refractivity contribution in [2.24, 2.45) is 0 Å². The van der Waals surface area contributed by atoms with Crippen LogP contribution < -0.4 is 4.74 Å². The van der Waals surface area contributed by atoms with Crippen LogP contribution in [-0.4, -0.2) is 29.2 Å². The van der Waals surface area contributed by atoms with E-state index in [1.807, 2.05) is 31.3 Å². The van der Waals surface area contributed by atoms with E-state index in [9.17, 15) is 0 Å². The molecule has 0 saturated carbocycles. The van der Waals surface area contributed by atoms with Crippen molar-refractivity contribution in [2.45, 2.75) is 20.0 Å². The van der Waals surface area contributed by atoms with Crippen molar-refractivity contribution in [3.63, 3.8) is 0 Å². The Hall–Kier alpha value is -2.18. The zero-order valence-corrected chi connectivity index (χ0v) is 14.3. The van der Waals surface area contributed by atoms with E-state index in [1.54, 1.807) is 18.4 Å². The molecule has 3 rings (SSSR count). The molecule has 0 bridgehead atoms. The lowest BCUT2D eigenvalue weighted by molar-refractivity contribution is 0.262. The number of hydrogen-bond acceptors (Lipinski definition) is 6. The lowest BCUT2D eigenvalue weighted by Crippen LogP contribution is -2.17. The molecule has 0 amide bonds. The van der Waals surface area contributed by atoms with Gasteiger partial charge in [0.05, 0.1) is 19.2 Å². The lowest BCUT2D eigenvalue weighted by Gasteiger charge is -2.13. The lowest BCUT2D eigenvalue weighted by atomic mass is 10.2. The van der Waals surface area contributed by atoms with Crippen LogP contribution in [0.3, 0.4) is 0 Å². The van der Waals surface area contributed by atoms with Gasteiger partial charge < -0.3 is 9.26 Å². The van der Waals surface area contributed by atoms with Gasteiger partial charge in [0.25, 0.3) is 0 Å². The number of benzene rings is 1. The zero-order chi connectivity index (χ0) is 16.2. The summed E-state index contributed by atoms with van der Waals surface area (Å²) >= 11 is 1.77. The maximum absolute atomic E-state index is 5.38. The summed E-state index contributed by atoms with van der Waals surface area (Å²) in [4.78, 5) is 8.01. The van der Waals surface area contributed by atoms with Gasteiger partial charge in [-0.25, -0.2) is 0 Å². The number of aryl methyl sites for hydroxylation is 1. The summed E-state index contributed by atoms with van der Waals surface area (Å²) in [5.41, 5.74) is 2.16. The first-order chi connectivity index (χ1) is 11.2. The average molecular weight is 329 g/mol. The zero-order valence-electron chi connectivity index (χ0n) is 13.4. The van der Waals surface area contributed by atoms with E-state index in [4.69, 9.17) is 9.26 Å². The first kappa shape index (κ1) is 15.7. The highest BCUT2D eigenvalue weighted by Gasteiger charge is 2.14. The number of methoxy groups -OCH3 is 1. The molecule has 0 saturated heterocycles. The molecule has 2 aromatic heterocycles. The minimum Gasteiger partial charge on any atom is -0.496 e. The van der Waals surface area contributed by atoms with Gasteiger partial charge in [-0.3, -0.25) is 4.90 Å². The van der Waals surface area contributed by atoms with Crippen LogP contribution >= 0.6 is 11.3 Å². The van der Waals surface area contributed by atoms with Crippen molar-refractivity contribution in [3.05, 3.63) is 52.0 Å². The Morgan fingerprint density at radius 1 is 1.22 bits per heavy atom. The summed E-state index contributed by atoms with van der Waals surface area (Å²) < 4.78 is 10.7. The number of rotatable bonds is 6. The van der Waals surface area contributed by atoms with Crippen LogP contribution in [0.4, 0.5) is 0 Å². The quantitative estimate of drug-likeness (QED) is 0.689. The number of hydrogen-bond donors (Lipinski definition) is 0. The Kier molecular flexibility index (Phi) is 4.73. The highest BCUT2D eigenvalue weighted by Crippen LogP contribution is 2.27. The third-order valence-electron chi connectivity index (χ3n) is 3.60. The Bertz CT molecular complexity index is 782. The normalized spacial score (nSPS) is 11.1. The number of para-hydroxylation sites is 1. The number of nitrogens with zero attached hydrogens (tertiary/aromatic N) is 3. The maximum Gasteiger partial charge on any atom is 0.241 e. The van der Waals surface area contributed by atoms with Crippen molar-refractivity contribution in [3.8, 4) is 17.1 Å². The van der Waals surface area contributed by atoms with Crippen LogP contribution in [0, 0.1) is 6.92 Å². The topological polar surface area (TPSA) is 51.4 Å². The van der Waals surface area contributed by atoms with Gasteiger partial charge in [0.2, 0.25) is 11.7 Å². The summed E-state index contributed by atoms with van der Waals surface area (Å²) in [5, 5.41) is 6.19. The van der Waals surface area contributed by atoms with Crippen LogP contribution in [0.15, 0.2) is 40.2 Å². The predicted molar refractivity (Wildman–Crippen MR) is 90.5 cm³/mol. The van der Waals surface area contributed by atoms with Gasteiger partial charge in [-0.05, 0) is 43.1 Å². The minimum atomic E-state index is 0.554. The molecule has 3 aromatic rings.